The van der Waals surface area contributed by atoms with Gasteiger partial charge in [-0.25, -0.2) is 4.98 Å². The van der Waals surface area contributed by atoms with Crippen molar-refractivity contribution < 1.29 is 0 Å². The first kappa shape index (κ1) is 9.93. The Morgan fingerprint density at radius 3 is 2.79 bits per heavy atom. The Kier molecular flexibility index (Phi) is 2.97. The Hall–Kier alpha value is -2.15. The summed E-state index contributed by atoms with van der Waals surface area (Å²) in [6, 6.07) is 5.16. The van der Waals surface area contributed by atoms with Crippen LogP contribution in [0, 0.1) is 16.7 Å². The third-order valence-electron chi connectivity index (χ3n) is 1.56. The number of nitrogens with two attached hydrogens (primary N) is 1. The normalized spacial score (nSPS) is 10.7. The van der Waals surface area contributed by atoms with Crippen molar-refractivity contribution in [1.82, 2.24) is 4.98 Å². The van der Waals surface area contributed by atoms with Crippen molar-refractivity contribution in [2.75, 3.05) is 0 Å². The van der Waals surface area contributed by atoms with Crippen LogP contribution in [0.15, 0.2) is 30.1 Å². The average molecular weight is 186 g/mol. The van der Waals surface area contributed by atoms with Crippen molar-refractivity contribution in [3.63, 3.8) is 0 Å². The fourth-order valence-corrected chi connectivity index (χ4v) is 0.930. The van der Waals surface area contributed by atoms with Crippen molar-refractivity contribution in [2.45, 2.75) is 6.92 Å². The zero-order chi connectivity index (χ0) is 10.6. The first-order valence-electron chi connectivity index (χ1n) is 4.02. The predicted molar refractivity (Wildman–Crippen MR) is 53.7 cm³/mol. The standard InChI is InChI=1S/C10H10N4/c1-7(12)4-10(13)8-2-3-9(5-11)14-6-8/h2-4,6,13H,12H2,1H3. The molecule has 0 aliphatic carbocycles. The van der Waals surface area contributed by atoms with Crippen LogP contribution in [0.1, 0.15) is 18.2 Å². The monoisotopic (exact) mass is 186 g/mol. The summed E-state index contributed by atoms with van der Waals surface area (Å²) >= 11 is 0. The van der Waals surface area contributed by atoms with Gasteiger partial charge in [0, 0.05) is 17.5 Å². The lowest BCUT2D eigenvalue weighted by molar-refractivity contribution is 1.25. The summed E-state index contributed by atoms with van der Waals surface area (Å²) < 4.78 is 0. The smallest absolute Gasteiger partial charge is 0.140 e. The first-order chi connectivity index (χ1) is 6.63. The Morgan fingerprint density at radius 1 is 1.64 bits per heavy atom. The zero-order valence-corrected chi connectivity index (χ0v) is 7.78. The van der Waals surface area contributed by atoms with Crippen molar-refractivity contribution >= 4 is 5.71 Å². The highest BCUT2D eigenvalue weighted by Gasteiger charge is 1.99. The molecule has 1 heterocycles. The lowest BCUT2D eigenvalue weighted by Gasteiger charge is -1.98. The van der Waals surface area contributed by atoms with E-state index in [1.54, 1.807) is 25.1 Å². The maximum atomic E-state index is 8.51. The van der Waals surface area contributed by atoms with E-state index in [1.165, 1.54) is 6.20 Å². The van der Waals surface area contributed by atoms with Crippen LogP contribution in [0.25, 0.3) is 0 Å². The highest BCUT2D eigenvalue weighted by molar-refractivity contribution is 6.06. The molecule has 3 N–H and O–H groups in total. The van der Waals surface area contributed by atoms with Gasteiger partial charge in [0.1, 0.15) is 11.8 Å². The zero-order valence-electron chi connectivity index (χ0n) is 7.78. The molecule has 1 aromatic heterocycles. The summed E-state index contributed by atoms with van der Waals surface area (Å²) in [6.45, 7) is 1.71. The van der Waals surface area contributed by atoms with E-state index in [0.717, 1.165) is 0 Å². The van der Waals surface area contributed by atoms with Crippen LogP contribution in [0.4, 0.5) is 0 Å². The number of hydrogen-bond acceptors (Lipinski definition) is 4. The van der Waals surface area contributed by atoms with Crippen LogP contribution in [-0.2, 0) is 0 Å². The molecule has 1 rings (SSSR count). The van der Waals surface area contributed by atoms with Gasteiger partial charge in [-0.05, 0) is 25.1 Å². The van der Waals surface area contributed by atoms with Gasteiger partial charge < -0.3 is 11.1 Å². The summed E-state index contributed by atoms with van der Waals surface area (Å²) in [5.74, 6) is 0. The summed E-state index contributed by atoms with van der Waals surface area (Å²) in [6.07, 6.45) is 3.03. The van der Waals surface area contributed by atoms with Gasteiger partial charge in [0.05, 0.1) is 5.71 Å². The molecule has 0 amide bonds. The van der Waals surface area contributed by atoms with Gasteiger partial charge in [-0.3, -0.25) is 0 Å². The third kappa shape index (κ3) is 2.42. The summed E-state index contributed by atoms with van der Waals surface area (Å²) in [4.78, 5) is 3.85. The van der Waals surface area contributed by atoms with Crippen LogP contribution in [0.2, 0.25) is 0 Å². The predicted octanol–water partition coefficient (Wildman–Crippen LogP) is 1.18. The minimum atomic E-state index is 0.294. The number of hydrogen-bond donors (Lipinski definition) is 2. The van der Waals surface area contributed by atoms with E-state index in [0.29, 0.717) is 22.7 Å². The van der Waals surface area contributed by atoms with E-state index in [9.17, 15) is 0 Å². The third-order valence-corrected chi connectivity index (χ3v) is 1.56. The Labute approximate surface area is 82.2 Å². The molecule has 0 spiro atoms. The van der Waals surface area contributed by atoms with Crippen LogP contribution < -0.4 is 5.73 Å². The second-order valence-electron chi connectivity index (χ2n) is 2.85. The Bertz CT molecular complexity index is 405. The van der Waals surface area contributed by atoms with E-state index >= 15 is 0 Å². The molecule has 0 saturated heterocycles. The number of nitrogens with one attached hydrogen (secondary N) is 1. The molecule has 0 saturated carbocycles. The largest absolute Gasteiger partial charge is 0.402 e. The lowest BCUT2D eigenvalue weighted by atomic mass is 10.1. The second-order valence-corrected chi connectivity index (χ2v) is 2.85. The maximum absolute atomic E-state index is 8.51. The lowest BCUT2D eigenvalue weighted by Crippen LogP contribution is -2.00. The highest BCUT2D eigenvalue weighted by Crippen LogP contribution is 2.02. The van der Waals surface area contributed by atoms with Crippen molar-refractivity contribution in [2.24, 2.45) is 5.73 Å². The molecule has 0 radical (unpaired) electrons. The molecule has 14 heavy (non-hydrogen) atoms. The molecular weight excluding hydrogens is 176 g/mol. The van der Waals surface area contributed by atoms with Crippen molar-refractivity contribution in [3.05, 3.63) is 41.4 Å². The number of nitriles is 1. The highest BCUT2D eigenvalue weighted by atomic mass is 14.7. The molecular formula is C10H10N4. The Morgan fingerprint density at radius 2 is 2.36 bits per heavy atom. The summed E-state index contributed by atoms with van der Waals surface area (Å²) in [7, 11) is 0. The van der Waals surface area contributed by atoms with Crippen molar-refractivity contribution in [1.29, 1.82) is 10.7 Å². The first-order valence-corrected chi connectivity index (χ1v) is 4.02. The van der Waals surface area contributed by atoms with Gasteiger partial charge in [0.25, 0.3) is 0 Å². The minimum Gasteiger partial charge on any atom is -0.402 e. The number of rotatable bonds is 2. The maximum Gasteiger partial charge on any atom is 0.140 e. The summed E-state index contributed by atoms with van der Waals surface area (Å²) in [5, 5.41) is 16.1. The van der Waals surface area contributed by atoms with Crippen molar-refractivity contribution in [3.8, 4) is 6.07 Å². The number of allylic oxidation sites excluding steroid dienone is 2. The van der Waals surface area contributed by atoms with E-state index in [2.05, 4.69) is 4.98 Å². The molecule has 0 atom stereocenters. The molecule has 4 nitrogen and oxygen atoms in total. The SMILES string of the molecule is CC(N)=CC(=N)c1ccc(C#N)nc1. The van der Waals surface area contributed by atoms with E-state index in [1.807, 2.05) is 6.07 Å². The van der Waals surface area contributed by atoms with E-state index in [4.69, 9.17) is 16.4 Å². The van der Waals surface area contributed by atoms with E-state index in [-0.39, 0.29) is 0 Å². The summed E-state index contributed by atoms with van der Waals surface area (Å²) in [5.41, 5.74) is 7.29. The molecule has 4 heteroatoms. The van der Waals surface area contributed by atoms with Crippen LogP contribution >= 0.6 is 0 Å². The quantitative estimate of drug-likeness (QED) is 0.680. The number of pyridine rings is 1. The van der Waals surface area contributed by atoms with Gasteiger partial charge in [-0.1, -0.05) is 0 Å². The van der Waals surface area contributed by atoms with Gasteiger partial charge in [0.15, 0.2) is 0 Å². The van der Waals surface area contributed by atoms with Crippen LogP contribution in [-0.4, -0.2) is 10.7 Å². The fourth-order valence-electron chi connectivity index (χ4n) is 0.930. The molecule has 0 aromatic carbocycles. The van der Waals surface area contributed by atoms with Gasteiger partial charge >= 0.3 is 0 Å². The van der Waals surface area contributed by atoms with Gasteiger partial charge in [0.2, 0.25) is 0 Å². The van der Waals surface area contributed by atoms with Crippen LogP contribution in [0.5, 0.6) is 0 Å². The fraction of sp³-hybridized carbons (Fsp3) is 0.100. The molecule has 0 unspecified atom stereocenters. The van der Waals surface area contributed by atoms with Gasteiger partial charge in [-0.2, -0.15) is 5.26 Å². The molecule has 0 aliphatic heterocycles. The molecule has 0 fully saturated rings. The number of aromatic nitrogens is 1. The average Bonchev–Trinajstić information content (AvgIpc) is 2.17. The molecule has 1 aromatic rings. The minimum absolute atomic E-state index is 0.294. The Balaban J connectivity index is 2.94. The topological polar surface area (TPSA) is 86.5 Å². The van der Waals surface area contributed by atoms with E-state index < -0.39 is 0 Å². The second kappa shape index (κ2) is 4.19. The van der Waals surface area contributed by atoms with Crippen LogP contribution in [0.3, 0.4) is 0 Å². The van der Waals surface area contributed by atoms with Gasteiger partial charge in [-0.15, -0.1) is 0 Å². The number of nitrogens with zero attached hydrogens (tertiary/aromatic N) is 2. The molecule has 0 bridgehead atoms. The molecule has 0 aliphatic rings. The molecule has 70 valence electrons.